The first kappa shape index (κ1) is 14.0. The third-order valence-corrected chi connectivity index (χ3v) is 2.85. The standard InChI is InChI=1S/C13H16N4O3/c1-3-5-16(8-11(18)19)13(20)10-7-14-17-6-4-9(2)15-12(10)17/h4,6-7H,3,5,8H2,1-2H3,(H,18,19). The van der Waals surface area contributed by atoms with Crippen molar-refractivity contribution in [1.82, 2.24) is 19.5 Å². The lowest BCUT2D eigenvalue weighted by molar-refractivity contribution is -0.137. The molecule has 7 nitrogen and oxygen atoms in total. The lowest BCUT2D eigenvalue weighted by Crippen LogP contribution is -2.36. The Bertz CT molecular complexity index is 650. The van der Waals surface area contributed by atoms with Gasteiger partial charge in [0.15, 0.2) is 5.65 Å². The molecule has 0 aliphatic heterocycles. The highest BCUT2D eigenvalue weighted by atomic mass is 16.4. The molecule has 0 saturated heterocycles. The molecular formula is C13H16N4O3. The lowest BCUT2D eigenvalue weighted by atomic mass is 10.2. The number of carbonyl (C=O) groups is 2. The molecule has 0 atom stereocenters. The fraction of sp³-hybridized carbons (Fsp3) is 0.385. The molecule has 2 rings (SSSR count). The van der Waals surface area contributed by atoms with Gasteiger partial charge in [-0.05, 0) is 19.4 Å². The highest BCUT2D eigenvalue weighted by molar-refractivity contribution is 6.00. The van der Waals surface area contributed by atoms with E-state index in [-0.39, 0.29) is 12.5 Å². The summed E-state index contributed by atoms with van der Waals surface area (Å²) >= 11 is 0. The molecule has 2 aromatic heterocycles. The molecule has 0 bridgehead atoms. The quantitative estimate of drug-likeness (QED) is 0.879. The summed E-state index contributed by atoms with van der Waals surface area (Å²) in [7, 11) is 0. The van der Waals surface area contributed by atoms with Crippen LogP contribution in [0.15, 0.2) is 18.5 Å². The largest absolute Gasteiger partial charge is 0.480 e. The summed E-state index contributed by atoms with van der Waals surface area (Å²) in [6.07, 6.45) is 3.83. The number of carboxylic acids is 1. The Morgan fingerprint density at radius 2 is 2.20 bits per heavy atom. The monoisotopic (exact) mass is 276 g/mol. The Labute approximate surface area is 115 Å². The second kappa shape index (κ2) is 5.68. The number of aromatic nitrogens is 3. The number of aliphatic carboxylic acids is 1. The van der Waals surface area contributed by atoms with Gasteiger partial charge in [-0.1, -0.05) is 6.92 Å². The number of carbonyl (C=O) groups excluding carboxylic acids is 1. The third kappa shape index (κ3) is 2.76. The van der Waals surface area contributed by atoms with Gasteiger partial charge in [0.25, 0.3) is 5.91 Å². The van der Waals surface area contributed by atoms with E-state index in [0.29, 0.717) is 24.2 Å². The van der Waals surface area contributed by atoms with Gasteiger partial charge in [0.05, 0.1) is 6.20 Å². The fourth-order valence-electron chi connectivity index (χ4n) is 1.97. The number of rotatable bonds is 5. The molecule has 0 saturated carbocycles. The number of hydrogen-bond acceptors (Lipinski definition) is 4. The van der Waals surface area contributed by atoms with Crippen molar-refractivity contribution < 1.29 is 14.7 Å². The molecule has 0 unspecified atom stereocenters. The minimum atomic E-state index is -1.03. The van der Waals surface area contributed by atoms with Crippen LogP contribution in [-0.4, -0.2) is 49.6 Å². The maximum atomic E-state index is 12.4. The van der Waals surface area contributed by atoms with Crippen molar-refractivity contribution in [2.75, 3.05) is 13.1 Å². The molecule has 0 aliphatic rings. The van der Waals surface area contributed by atoms with Crippen LogP contribution in [0.2, 0.25) is 0 Å². The lowest BCUT2D eigenvalue weighted by Gasteiger charge is -2.19. The van der Waals surface area contributed by atoms with Crippen LogP contribution in [0.4, 0.5) is 0 Å². The zero-order chi connectivity index (χ0) is 14.7. The van der Waals surface area contributed by atoms with E-state index in [0.717, 1.165) is 5.69 Å². The number of fused-ring (bicyclic) bond motifs is 1. The smallest absolute Gasteiger partial charge is 0.323 e. The zero-order valence-corrected chi connectivity index (χ0v) is 11.4. The minimum Gasteiger partial charge on any atom is -0.480 e. The van der Waals surface area contributed by atoms with Crippen LogP contribution >= 0.6 is 0 Å². The second-order valence-electron chi connectivity index (χ2n) is 4.52. The van der Waals surface area contributed by atoms with Gasteiger partial charge in [0, 0.05) is 18.4 Å². The Morgan fingerprint density at radius 3 is 2.85 bits per heavy atom. The molecule has 0 spiro atoms. The van der Waals surface area contributed by atoms with Gasteiger partial charge in [0.1, 0.15) is 12.1 Å². The van der Waals surface area contributed by atoms with E-state index in [9.17, 15) is 9.59 Å². The van der Waals surface area contributed by atoms with Crippen LogP contribution in [0.1, 0.15) is 29.4 Å². The number of aryl methyl sites for hydroxylation is 1. The summed E-state index contributed by atoms with van der Waals surface area (Å²) < 4.78 is 1.51. The zero-order valence-electron chi connectivity index (χ0n) is 11.4. The van der Waals surface area contributed by atoms with Crippen molar-refractivity contribution in [3.8, 4) is 0 Å². The van der Waals surface area contributed by atoms with Gasteiger partial charge in [-0.25, -0.2) is 9.50 Å². The highest BCUT2D eigenvalue weighted by Crippen LogP contribution is 2.12. The SMILES string of the molecule is CCCN(CC(=O)O)C(=O)c1cnn2ccc(C)nc12. The Balaban J connectivity index is 2.37. The van der Waals surface area contributed by atoms with E-state index in [4.69, 9.17) is 5.11 Å². The molecular weight excluding hydrogens is 260 g/mol. The molecule has 2 heterocycles. The summed E-state index contributed by atoms with van der Waals surface area (Å²) in [4.78, 5) is 28.9. The van der Waals surface area contributed by atoms with Gasteiger partial charge < -0.3 is 10.0 Å². The molecule has 0 aromatic carbocycles. The summed E-state index contributed by atoms with van der Waals surface area (Å²) in [6.45, 7) is 3.77. The van der Waals surface area contributed by atoms with Crippen molar-refractivity contribution >= 4 is 17.5 Å². The van der Waals surface area contributed by atoms with Gasteiger partial charge in [-0.3, -0.25) is 9.59 Å². The molecule has 2 aromatic rings. The first-order chi connectivity index (χ1) is 9.52. The number of nitrogens with zero attached hydrogens (tertiary/aromatic N) is 4. The maximum absolute atomic E-state index is 12.4. The average molecular weight is 276 g/mol. The molecule has 106 valence electrons. The molecule has 0 fully saturated rings. The topological polar surface area (TPSA) is 87.8 Å². The summed E-state index contributed by atoms with van der Waals surface area (Å²) in [5.74, 6) is -1.39. The normalized spacial score (nSPS) is 10.7. The Hall–Kier alpha value is -2.44. The molecule has 0 aliphatic carbocycles. The number of amides is 1. The van der Waals surface area contributed by atoms with Crippen molar-refractivity contribution in [2.45, 2.75) is 20.3 Å². The Kier molecular flexibility index (Phi) is 3.97. The maximum Gasteiger partial charge on any atom is 0.323 e. The molecule has 1 amide bonds. The van der Waals surface area contributed by atoms with E-state index in [1.165, 1.54) is 15.6 Å². The third-order valence-electron chi connectivity index (χ3n) is 2.85. The van der Waals surface area contributed by atoms with Crippen LogP contribution in [0.5, 0.6) is 0 Å². The molecule has 7 heteroatoms. The molecule has 20 heavy (non-hydrogen) atoms. The number of hydrogen-bond donors (Lipinski definition) is 1. The fourth-order valence-corrected chi connectivity index (χ4v) is 1.97. The van der Waals surface area contributed by atoms with Crippen LogP contribution in [0.25, 0.3) is 5.65 Å². The van der Waals surface area contributed by atoms with Crippen LogP contribution in [-0.2, 0) is 4.79 Å². The van der Waals surface area contributed by atoms with Crippen molar-refractivity contribution in [2.24, 2.45) is 0 Å². The van der Waals surface area contributed by atoms with E-state index < -0.39 is 5.97 Å². The van der Waals surface area contributed by atoms with Crippen molar-refractivity contribution in [3.63, 3.8) is 0 Å². The van der Waals surface area contributed by atoms with Crippen molar-refractivity contribution in [1.29, 1.82) is 0 Å². The van der Waals surface area contributed by atoms with E-state index >= 15 is 0 Å². The summed E-state index contributed by atoms with van der Waals surface area (Å²) in [5.41, 5.74) is 1.54. The Morgan fingerprint density at radius 1 is 1.45 bits per heavy atom. The molecule has 1 N–H and O–H groups in total. The predicted molar refractivity (Wildman–Crippen MR) is 71.6 cm³/mol. The molecule has 0 radical (unpaired) electrons. The van der Waals surface area contributed by atoms with Crippen molar-refractivity contribution in [3.05, 3.63) is 29.7 Å². The second-order valence-corrected chi connectivity index (χ2v) is 4.52. The van der Waals surface area contributed by atoms with Crippen LogP contribution < -0.4 is 0 Å². The highest BCUT2D eigenvalue weighted by Gasteiger charge is 2.22. The van der Waals surface area contributed by atoms with Crippen LogP contribution in [0.3, 0.4) is 0 Å². The van der Waals surface area contributed by atoms with E-state index in [2.05, 4.69) is 10.1 Å². The summed E-state index contributed by atoms with van der Waals surface area (Å²) in [5, 5.41) is 12.9. The minimum absolute atomic E-state index is 0.323. The van der Waals surface area contributed by atoms with Gasteiger partial charge in [-0.15, -0.1) is 0 Å². The van der Waals surface area contributed by atoms with E-state index in [1.807, 2.05) is 13.8 Å². The van der Waals surface area contributed by atoms with Crippen LogP contribution in [0, 0.1) is 6.92 Å². The first-order valence-electron chi connectivity index (χ1n) is 6.35. The van der Waals surface area contributed by atoms with Gasteiger partial charge >= 0.3 is 5.97 Å². The van der Waals surface area contributed by atoms with Gasteiger partial charge in [-0.2, -0.15) is 5.10 Å². The predicted octanol–water partition coefficient (Wildman–Crippen LogP) is 0.975. The first-order valence-corrected chi connectivity index (χ1v) is 6.35. The average Bonchev–Trinajstić information content (AvgIpc) is 2.79. The number of carboxylic acid groups (broad SMARTS) is 1. The summed E-state index contributed by atoms with van der Waals surface area (Å²) in [6, 6.07) is 1.79. The van der Waals surface area contributed by atoms with Gasteiger partial charge in [0.2, 0.25) is 0 Å². The van der Waals surface area contributed by atoms with E-state index in [1.54, 1.807) is 12.3 Å².